The minimum atomic E-state index is -0.751. The van der Waals surface area contributed by atoms with Crippen LogP contribution in [-0.4, -0.2) is 15.0 Å². The van der Waals surface area contributed by atoms with Crippen LogP contribution in [0.4, 0.5) is 5.69 Å². The minimum absolute atomic E-state index is 0.0677. The Bertz CT molecular complexity index is 632. The van der Waals surface area contributed by atoms with Crippen molar-refractivity contribution in [2.24, 2.45) is 0 Å². The van der Waals surface area contributed by atoms with E-state index in [0.29, 0.717) is 21.4 Å². The van der Waals surface area contributed by atoms with Gasteiger partial charge in [-0.2, -0.15) is 0 Å². The van der Waals surface area contributed by atoms with Crippen LogP contribution in [0, 0.1) is 24.0 Å². The lowest BCUT2D eigenvalue weighted by Gasteiger charge is -2.06. The molecule has 2 rings (SSSR count). The zero-order valence-electron chi connectivity index (χ0n) is 11.3. The second-order valence-electron chi connectivity index (χ2n) is 4.38. The van der Waals surface area contributed by atoms with Crippen molar-refractivity contribution in [2.45, 2.75) is 37.0 Å². The maximum atomic E-state index is 11.1. The summed E-state index contributed by atoms with van der Waals surface area (Å²) in [6.07, 6.45) is -0.751. The quantitative estimate of drug-likeness (QED) is 0.686. The molecule has 0 fully saturated rings. The highest BCUT2D eigenvalue weighted by atomic mass is 32.2. The molecule has 0 radical (unpaired) electrons. The summed E-state index contributed by atoms with van der Waals surface area (Å²) >= 11 is 1.10. The predicted molar refractivity (Wildman–Crippen MR) is 73.8 cm³/mol. The lowest BCUT2D eigenvalue weighted by atomic mass is 10.1. The Morgan fingerprint density at radius 1 is 1.45 bits per heavy atom. The first kappa shape index (κ1) is 14.5. The Balaban J connectivity index is 2.38. The van der Waals surface area contributed by atoms with E-state index >= 15 is 0 Å². The lowest BCUT2D eigenvalue weighted by Crippen LogP contribution is -1.96. The summed E-state index contributed by atoms with van der Waals surface area (Å²) in [6, 6.07) is 4.62. The van der Waals surface area contributed by atoms with Gasteiger partial charge in [0.15, 0.2) is 0 Å². The molecule has 0 saturated heterocycles. The molecule has 1 heterocycles. The van der Waals surface area contributed by atoms with Crippen molar-refractivity contribution in [1.29, 1.82) is 0 Å². The maximum Gasteiger partial charge on any atom is 0.283 e. The van der Waals surface area contributed by atoms with E-state index in [1.807, 2.05) is 6.92 Å². The number of aliphatic hydroxyl groups excluding tert-OH is 1. The second kappa shape index (κ2) is 5.64. The molecule has 6 nitrogen and oxygen atoms in total. The number of nitro benzene ring substituents is 1. The number of hydrogen-bond acceptors (Lipinski definition) is 6. The van der Waals surface area contributed by atoms with Crippen molar-refractivity contribution in [3.05, 3.63) is 45.3 Å². The van der Waals surface area contributed by atoms with Gasteiger partial charge in [0.05, 0.1) is 21.6 Å². The second-order valence-corrected chi connectivity index (χ2v) is 5.38. The summed E-state index contributed by atoms with van der Waals surface area (Å²) in [5.74, 6) is 0.691. The van der Waals surface area contributed by atoms with Gasteiger partial charge in [0, 0.05) is 6.07 Å². The third-order valence-corrected chi connectivity index (χ3v) is 3.78. The Morgan fingerprint density at radius 2 is 2.15 bits per heavy atom. The van der Waals surface area contributed by atoms with Crippen LogP contribution in [0.1, 0.15) is 30.0 Å². The molecule has 1 aromatic heterocycles. The highest BCUT2D eigenvalue weighted by Crippen LogP contribution is 2.36. The van der Waals surface area contributed by atoms with Gasteiger partial charge in [-0.05, 0) is 44.2 Å². The molecule has 0 spiro atoms. The van der Waals surface area contributed by atoms with Gasteiger partial charge in [0.2, 0.25) is 0 Å². The van der Waals surface area contributed by atoms with E-state index in [1.54, 1.807) is 26.0 Å². The van der Waals surface area contributed by atoms with Crippen molar-refractivity contribution in [3.8, 4) is 0 Å². The van der Waals surface area contributed by atoms with Crippen LogP contribution in [-0.2, 0) is 0 Å². The molecule has 0 saturated carbocycles. The molecule has 0 unspecified atom stereocenters. The van der Waals surface area contributed by atoms with Gasteiger partial charge in [-0.1, -0.05) is 6.07 Å². The van der Waals surface area contributed by atoms with E-state index in [9.17, 15) is 15.2 Å². The molecule has 106 valence electrons. The van der Waals surface area contributed by atoms with Crippen molar-refractivity contribution < 1.29 is 14.4 Å². The van der Waals surface area contributed by atoms with E-state index in [0.717, 1.165) is 17.5 Å². The van der Waals surface area contributed by atoms with Crippen LogP contribution < -0.4 is 0 Å². The van der Waals surface area contributed by atoms with E-state index in [2.05, 4.69) is 4.98 Å². The Kier molecular flexibility index (Phi) is 4.10. The summed E-state index contributed by atoms with van der Waals surface area (Å²) in [5, 5.41) is 21.0. The zero-order chi connectivity index (χ0) is 14.9. The smallest absolute Gasteiger partial charge is 0.283 e. The van der Waals surface area contributed by atoms with Crippen LogP contribution in [0.15, 0.2) is 32.7 Å². The van der Waals surface area contributed by atoms with Crippen molar-refractivity contribution in [3.63, 3.8) is 0 Å². The van der Waals surface area contributed by atoms with E-state index < -0.39 is 11.0 Å². The number of aromatic nitrogens is 1. The molecular formula is C13H14N2O4S. The molecule has 20 heavy (non-hydrogen) atoms. The van der Waals surface area contributed by atoms with E-state index in [1.165, 1.54) is 6.07 Å². The van der Waals surface area contributed by atoms with Crippen molar-refractivity contribution >= 4 is 17.4 Å². The van der Waals surface area contributed by atoms with Gasteiger partial charge >= 0.3 is 0 Å². The molecule has 7 heteroatoms. The fraction of sp³-hybridized carbons (Fsp3) is 0.308. The fourth-order valence-corrected chi connectivity index (χ4v) is 2.52. The molecule has 0 aliphatic carbocycles. The summed E-state index contributed by atoms with van der Waals surface area (Å²) in [6.45, 7) is 5.16. The number of aryl methyl sites for hydroxylation is 2. The third-order valence-electron chi connectivity index (χ3n) is 2.87. The molecule has 0 aliphatic rings. The average molecular weight is 294 g/mol. The van der Waals surface area contributed by atoms with E-state index in [-0.39, 0.29) is 5.69 Å². The number of oxazole rings is 1. The first-order chi connectivity index (χ1) is 9.38. The normalized spacial score (nSPS) is 12.4. The van der Waals surface area contributed by atoms with Gasteiger partial charge in [-0.15, -0.1) is 0 Å². The average Bonchev–Trinajstić information content (AvgIpc) is 2.68. The van der Waals surface area contributed by atoms with Gasteiger partial charge in [-0.3, -0.25) is 10.1 Å². The first-order valence-electron chi connectivity index (χ1n) is 5.96. The molecule has 0 amide bonds. The van der Waals surface area contributed by atoms with Crippen LogP contribution in [0.3, 0.4) is 0 Å². The Hall–Kier alpha value is -1.86. The fourth-order valence-electron chi connectivity index (χ4n) is 1.60. The number of nitrogens with zero attached hydrogens (tertiary/aromatic N) is 2. The monoisotopic (exact) mass is 294 g/mol. The minimum Gasteiger partial charge on any atom is -0.436 e. The summed E-state index contributed by atoms with van der Waals surface area (Å²) in [4.78, 5) is 15.3. The van der Waals surface area contributed by atoms with Crippen molar-refractivity contribution in [1.82, 2.24) is 4.98 Å². The predicted octanol–water partition coefficient (Wildman–Crippen LogP) is 3.40. The molecule has 1 atom stereocenters. The Labute approximate surface area is 120 Å². The first-order valence-corrected chi connectivity index (χ1v) is 6.78. The van der Waals surface area contributed by atoms with Gasteiger partial charge < -0.3 is 9.52 Å². The summed E-state index contributed by atoms with van der Waals surface area (Å²) in [5.41, 5.74) is 1.19. The van der Waals surface area contributed by atoms with E-state index in [4.69, 9.17) is 4.42 Å². The maximum absolute atomic E-state index is 11.1. The molecule has 0 bridgehead atoms. The number of rotatable bonds is 4. The highest BCUT2D eigenvalue weighted by Gasteiger charge is 2.19. The lowest BCUT2D eigenvalue weighted by molar-refractivity contribution is -0.387. The topological polar surface area (TPSA) is 89.4 Å². The summed E-state index contributed by atoms with van der Waals surface area (Å²) in [7, 11) is 0. The number of nitro groups is 1. The number of aliphatic hydroxyl groups is 1. The molecule has 2 aromatic rings. The molecule has 1 aromatic carbocycles. The van der Waals surface area contributed by atoms with Crippen LogP contribution >= 0.6 is 11.8 Å². The number of hydrogen-bond donors (Lipinski definition) is 1. The van der Waals surface area contributed by atoms with Crippen LogP contribution in [0.2, 0.25) is 0 Å². The van der Waals surface area contributed by atoms with Crippen LogP contribution in [0.25, 0.3) is 0 Å². The summed E-state index contributed by atoms with van der Waals surface area (Å²) < 4.78 is 5.41. The van der Waals surface area contributed by atoms with Gasteiger partial charge in [-0.25, -0.2) is 4.98 Å². The third kappa shape index (κ3) is 3.00. The Morgan fingerprint density at radius 3 is 2.65 bits per heavy atom. The standard InChI is InChI=1S/C13H14N2O4S/c1-7-9(3)19-13(14-7)20-12-5-4-10(8(2)16)6-11(12)15(17)18/h4-6,8,16H,1-3H3/t8-/m1/s1. The van der Waals surface area contributed by atoms with Gasteiger partial charge in [0.1, 0.15) is 5.76 Å². The molecular weight excluding hydrogens is 280 g/mol. The zero-order valence-corrected chi connectivity index (χ0v) is 12.1. The molecule has 1 N–H and O–H groups in total. The van der Waals surface area contributed by atoms with Gasteiger partial charge in [0.25, 0.3) is 10.9 Å². The highest BCUT2D eigenvalue weighted by molar-refractivity contribution is 7.99. The number of benzene rings is 1. The molecule has 0 aliphatic heterocycles. The largest absolute Gasteiger partial charge is 0.436 e. The SMILES string of the molecule is Cc1nc(Sc2ccc([C@@H](C)O)cc2[N+](=O)[O-])oc1C. The van der Waals surface area contributed by atoms with Crippen LogP contribution in [0.5, 0.6) is 0 Å². The van der Waals surface area contributed by atoms with Crippen molar-refractivity contribution in [2.75, 3.05) is 0 Å².